The van der Waals surface area contributed by atoms with E-state index < -0.39 is 0 Å². The second-order valence-electron chi connectivity index (χ2n) is 4.89. The summed E-state index contributed by atoms with van der Waals surface area (Å²) in [7, 11) is 0. The first-order valence-corrected chi connectivity index (χ1v) is 6.09. The standard InChI is InChI=1S/C15H19N3/c1-8-6-9(2)13(10(3)7-8)14-11(4)17-12(5)18-15(14)16/h6-7H,1-5H3,(H2,16,17,18). The van der Waals surface area contributed by atoms with Crippen LogP contribution in [-0.2, 0) is 0 Å². The van der Waals surface area contributed by atoms with Gasteiger partial charge in [-0.2, -0.15) is 0 Å². The molecule has 2 aromatic rings. The third kappa shape index (κ3) is 2.08. The van der Waals surface area contributed by atoms with Gasteiger partial charge in [0, 0.05) is 5.56 Å². The molecule has 0 radical (unpaired) electrons. The first kappa shape index (κ1) is 12.6. The summed E-state index contributed by atoms with van der Waals surface area (Å²) >= 11 is 0. The molecule has 0 unspecified atom stereocenters. The van der Waals surface area contributed by atoms with Gasteiger partial charge in [-0.05, 0) is 51.3 Å². The maximum absolute atomic E-state index is 6.08. The predicted octanol–water partition coefficient (Wildman–Crippen LogP) is 3.27. The number of hydrogen-bond acceptors (Lipinski definition) is 3. The summed E-state index contributed by atoms with van der Waals surface area (Å²) in [6, 6.07) is 4.34. The van der Waals surface area contributed by atoms with Gasteiger partial charge in [0.2, 0.25) is 0 Å². The van der Waals surface area contributed by atoms with E-state index in [9.17, 15) is 0 Å². The maximum atomic E-state index is 6.08. The normalized spacial score (nSPS) is 10.7. The number of rotatable bonds is 1. The molecule has 1 aromatic heterocycles. The minimum absolute atomic E-state index is 0.565. The Morgan fingerprint density at radius 1 is 0.833 bits per heavy atom. The highest BCUT2D eigenvalue weighted by atomic mass is 14.9. The molecule has 18 heavy (non-hydrogen) atoms. The molecule has 2 N–H and O–H groups in total. The molecule has 0 saturated carbocycles. The monoisotopic (exact) mass is 241 g/mol. The summed E-state index contributed by atoms with van der Waals surface area (Å²) in [6.07, 6.45) is 0. The highest BCUT2D eigenvalue weighted by Crippen LogP contribution is 2.33. The molecule has 0 aliphatic carbocycles. The number of anilines is 1. The molecule has 94 valence electrons. The van der Waals surface area contributed by atoms with Crippen LogP contribution in [0.1, 0.15) is 28.2 Å². The van der Waals surface area contributed by atoms with E-state index in [2.05, 4.69) is 42.9 Å². The lowest BCUT2D eigenvalue weighted by molar-refractivity contribution is 1.02. The number of hydrogen-bond donors (Lipinski definition) is 1. The molecular formula is C15H19N3. The number of benzene rings is 1. The molecule has 0 amide bonds. The fraction of sp³-hybridized carbons (Fsp3) is 0.333. The molecule has 0 spiro atoms. The number of aryl methyl sites for hydroxylation is 5. The zero-order valence-electron chi connectivity index (χ0n) is 11.6. The molecule has 2 rings (SSSR count). The van der Waals surface area contributed by atoms with Gasteiger partial charge < -0.3 is 5.73 Å². The van der Waals surface area contributed by atoms with Gasteiger partial charge >= 0.3 is 0 Å². The van der Waals surface area contributed by atoms with Gasteiger partial charge in [0.25, 0.3) is 0 Å². The Balaban J connectivity index is 2.78. The van der Waals surface area contributed by atoms with E-state index in [1.165, 1.54) is 16.7 Å². The van der Waals surface area contributed by atoms with E-state index in [0.717, 1.165) is 22.6 Å². The zero-order chi connectivity index (χ0) is 13.4. The molecule has 3 heteroatoms. The van der Waals surface area contributed by atoms with Crippen LogP contribution in [0.15, 0.2) is 12.1 Å². The van der Waals surface area contributed by atoms with Gasteiger partial charge in [0.05, 0.1) is 5.69 Å². The first-order valence-electron chi connectivity index (χ1n) is 6.09. The van der Waals surface area contributed by atoms with Crippen molar-refractivity contribution in [2.45, 2.75) is 34.6 Å². The average Bonchev–Trinajstić information content (AvgIpc) is 2.20. The van der Waals surface area contributed by atoms with E-state index >= 15 is 0 Å². The van der Waals surface area contributed by atoms with Crippen molar-refractivity contribution in [1.29, 1.82) is 0 Å². The summed E-state index contributed by atoms with van der Waals surface area (Å²) in [5.74, 6) is 1.28. The van der Waals surface area contributed by atoms with Crippen molar-refractivity contribution in [2.75, 3.05) is 5.73 Å². The summed E-state index contributed by atoms with van der Waals surface area (Å²) in [4.78, 5) is 8.71. The predicted molar refractivity (Wildman–Crippen MR) is 75.6 cm³/mol. The Morgan fingerprint density at radius 3 is 1.89 bits per heavy atom. The second-order valence-corrected chi connectivity index (χ2v) is 4.89. The molecular weight excluding hydrogens is 222 g/mol. The SMILES string of the molecule is Cc1cc(C)c(-c2c(C)nc(C)nc2N)c(C)c1. The summed E-state index contributed by atoms with van der Waals surface area (Å²) in [5.41, 5.74) is 12.8. The number of nitrogens with two attached hydrogens (primary N) is 1. The quantitative estimate of drug-likeness (QED) is 0.833. The summed E-state index contributed by atoms with van der Waals surface area (Å²) < 4.78 is 0. The van der Waals surface area contributed by atoms with Crippen molar-refractivity contribution in [1.82, 2.24) is 9.97 Å². The van der Waals surface area contributed by atoms with E-state index in [0.29, 0.717) is 5.82 Å². The van der Waals surface area contributed by atoms with Crippen molar-refractivity contribution in [3.63, 3.8) is 0 Å². The van der Waals surface area contributed by atoms with Crippen LogP contribution < -0.4 is 5.73 Å². The molecule has 0 saturated heterocycles. The molecule has 1 aromatic carbocycles. The maximum Gasteiger partial charge on any atom is 0.135 e. The summed E-state index contributed by atoms with van der Waals surface area (Å²) in [6.45, 7) is 10.2. The van der Waals surface area contributed by atoms with Crippen molar-refractivity contribution in [3.05, 3.63) is 40.3 Å². The second kappa shape index (κ2) is 4.41. The van der Waals surface area contributed by atoms with Crippen LogP contribution in [-0.4, -0.2) is 9.97 Å². The smallest absolute Gasteiger partial charge is 0.135 e. The van der Waals surface area contributed by atoms with Crippen LogP contribution in [0.4, 0.5) is 5.82 Å². The van der Waals surface area contributed by atoms with E-state index in [1.807, 2.05) is 13.8 Å². The third-order valence-corrected chi connectivity index (χ3v) is 3.16. The Labute approximate surface area is 108 Å². The Kier molecular flexibility index (Phi) is 3.07. The van der Waals surface area contributed by atoms with Crippen molar-refractivity contribution < 1.29 is 0 Å². The van der Waals surface area contributed by atoms with E-state index in [-0.39, 0.29) is 0 Å². The number of aromatic nitrogens is 2. The Hall–Kier alpha value is -1.90. The number of nitrogen functional groups attached to an aromatic ring is 1. The van der Waals surface area contributed by atoms with Gasteiger partial charge in [-0.3, -0.25) is 0 Å². The molecule has 3 nitrogen and oxygen atoms in total. The lowest BCUT2D eigenvalue weighted by Gasteiger charge is -2.15. The van der Waals surface area contributed by atoms with Gasteiger partial charge in [0.15, 0.2) is 0 Å². The van der Waals surface area contributed by atoms with Crippen LogP contribution in [0.3, 0.4) is 0 Å². The highest BCUT2D eigenvalue weighted by molar-refractivity contribution is 5.80. The van der Waals surface area contributed by atoms with Crippen LogP contribution >= 0.6 is 0 Å². The summed E-state index contributed by atoms with van der Waals surface area (Å²) in [5, 5.41) is 0. The Bertz CT molecular complexity index is 514. The fourth-order valence-corrected chi connectivity index (χ4v) is 2.62. The fourth-order valence-electron chi connectivity index (χ4n) is 2.62. The molecule has 0 atom stereocenters. The van der Waals surface area contributed by atoms with Crippen molar-refractivity contribution in [2.24, 2.45) is 0 Å². The molecule has 0 fully saturated rings. The zero-order valence-corrected chi connectivity index (χ0v) is 11.6. The molecule has 1 heterocycles. The minimum Gasteiger partial charge on any atom is -0.383 e. The topological polar surface area (TPSA) is 51.8 Å². The molecule has 0 aliphatic heterocycles. The minimum atomic E-state index is 0.565. The first-order chi connectivity index (χ1) is 8.40. The van der Waals surface area contributed by atoms with Crippen LogP contribution in [0.2, 0.25) is 0 Å². The van der Waals surface area contributed by atoms with Crippen LogP contribution in [0, 0.1) is 34.6 Å². The van der Waals surface area contributed by atoms with E-state index in [1.54, 1.807) is 0 Å². The Morgan fingerprint density at radius 2 is 1.39 bits per heavy atom. The largest absolute Gasteiger partial charge is 0.383 e. The van der Waals surface area contributed by atoms with Crippen LogP contribution in [0.25, 0.3) is 11.1 Å². The van der Waals surface area contributed by atoms with Gasteiger partial charge in [-0.25, -0.2) is 9.97 Å². The third-order valence-electron chi connectivity index (χ3n) is 3.16. The lowest BCUT2D eigenvalue weighted by Crippen LogP contribution is -2.04. The highest BCUT2D eigenvalue weighted by Gasteiger charge is 2.14. The average molecular weight is 241 g/mol. The lowest BCUT2D eigenvalue weighted by atomic mass is 9.93. The number of nitrogens with zero attached hydrogens (tertiary/aromatic N) is 2. The molecule has 0 aliphatic rings. The van der Waals surface area contributed by atoms with E-state index in [4.69, 9.17) is 5.73 Å². The van der Waals surface area contributed by atoms with Crippen molar-refractivity contribution >= 4 is 5.82 Å². The van der Waals surface area contributed by atoms with Gasteiger partial charge in [0.1, 0.15) is 11.6 Å². The van der Waals surface area contributed by atoms with Crippen molar-refractivity contribution in [3.8, 4) is 11.1 Å². The van der Waals surface area contributed by atoms with Gasteiger partial charge in [-0.15, -0.1) is 0 Å². The van der Waals surface area contributed by atoms with Crippen LogP contribution in [0.5, 0.6) is 0 Å². The molecule has 0 bridgehead atoms. The van der Waals surface area contributed by atoms with Gasteiger partial charge in [-0.1, -0.05) is 17.7 Å².